The van der Waals surface area contributed by atoms with Gasteiger partial charge in [-0.3, -0.25) is 4.57 Å². The summed E-state index contributed by atoms with van der Waals surface area (Å²) in [6.45, 7) is 1.82. The van der Waals surface area contributed by atoms with Gasteiger partial charge in [0.1, 0.15) is 11.5 Å². The van der Waals surface area contributed by atoms with E-state index in [0.29, 0.717) is 12.6 Å². The Morgan fingerprint density at radius 3 is 2.93 bits per heavy atom. The zero-order valence-electron chi connectivity index (χ0n) is 17.1. The number of methoxy groups -OCH3 is 1. The minimum Gasteiger partial charge on any atom is -0.497 e. The van der Waals surface area contributed by atoms with Crippen LogP contribution < -0.4 is 4.74 Å². The third-order valence-corrected chi connectivity index (χ3v) is 6.54. The minimum atomic E-state index is 0.609. The summed E-state index contributed by atoms with van der Waals surface area (Å²) in [5.74, 6) is 3.56. The fraction of sp³-hybridized carbons (Fsp3) is 0.455. The normalized spacial score (nSPS) is 17.5. The second kappa shape index (κ2) is 9.50. The van der Waals surface area contributed by atoms with Crippen LogP contribution in [0.25, 0.3) is 11.4 Å². The summed E-state index contributed by atoms with van der Waals surface area (Å²) in [6, 6.07) is 12.5. The molecule has 0 amide bonds. The lowest BCUT2D eigenvalue weighted by atomic mass is 10.0. The molecule has 1 aromatic carbocycles. The summed E-state index contributed by atoms with van der Waals surface area (Å²) in [5, 5.41) is 9.95. The number of hydrogen-bond donors (Lipinski definition) is 0. The number of benzene rings is 1. The van der Waals surface area contributed by atoms with Crippen molar-refractivity contribution in [2.24, 2.45) is 0 Å². The third-order valence-electron chi connectivity index (χ3n) is 5.54. The average molecular weight is 413 g/mol. The number of aromatic nitrogens is 3. The molecule has 1 atom stereocenters. The molecule has 0 aliphatic carbocycles. The van der Waals surface area contributed by atoms with E-state index in [4.69, 9.17) is 9.15 Å². The molecule has 7 heteroatoms. The summed E-state index contributed by atoms with van der Waals surface area (Å²) >= 11 is 1.78. The maximum atomic E-state index is 5.59. The average Bonchev–Trinajstić information content (AvgIpc) is 3.40. The predicted octanol–water partition coefficient (Wildman–Crippen LogP) is 4.56. The van der Waals surface area contributed by atoms with Crippen molar-refractivity contribution in [2.75, 3.05) is 26.5 Å². The van der Waals surface area contributed by atoms with Crippen LogP contribution in [0.1, 0.15) is 31.4 Å². The second-order valence-electron chi connectivity index (χ2n) is 7.47. The van der Waals surface area contributed by atoms with E-state index in [1.165, 1.54) is 32.2 Å². The molecule has 1 aliphatic rings. The van der Waals surface area contributed by atoms with E-state index in [1.807, 2.05) is 36.4 Å². The van der Waals surface area contributed by atoms with Crippen LogP contribution in [0, 0.1) is 0 Å². The largest absolute Gasteiger partial charge is 0.497 e. The number of likely N-dealkylation sites (tertiary alicyclic amines) is 1. The van der Waals surface area contributed by atoms with Crippen LogP contribution >= 0.6 is 11.8 Å². The lowest BCUT2D eigenvalue weighted by molar-refractivity contribution is 0.182. The molecule has 3 aromatic rings. The first-order valence-electron chi connectivity index (χ1n) is 10.2. The predicted molar refractivity (Wildman–Crippen MR) is 115 cm³/mol. The first kappa shape index (κ1) is 20.0. The zero-order chi connectivity index (χ0) is 20.1. The topological polar surface area (TPSA) is 56.3 Å². The Morgan fingerprint density at radius 2 is 2.14 bits per heavy atom. The van der Waals surface area contributed by atoms with Crippen LogP contribution in [0.3, 0.4) is 0 Å². The summed E-state index contributed by atoms with van der Waals surface area (Å²) in [5.41, 5.74) is 0.988. The van der Waals surface area contributed by atoms with Gasteiger partial charge in [0.25, 0.3) is 0 Å². The van der Waals surface area contributed by atoms with Crippen molar-refractivity contribution in [2.45, 2.75) is 43.4 Å². The molecule has 0 saturated carbocycles. The lowest BCUT2D eigenvalue weighted by Gasteiger charge is -2.32. The fourth-order valence-electron chi connectivity index (χ4n) is 3.87. The van der Waals surface area contributed by atoms with Gasteiger partial charge in [0, 0.05) is 17.4 Å². The Bertz CT molecular complexity index is 909. The molecular formula is C22H28N4O2S. The molecule has 1 unspecified atom stereocenters. The zero-order valence-corrected chi connectivity index (χ0v) is 17.9. The molecule has 3 heterocycles. The van der Waals surface area contributed by atoms with Gasteiger partial charge in [-0.2, -0.15) is 0 Å². The monoisotopic (exact) mass is 412 g/mol. The number of ether oxygens (including phenoxy) is 1. The number of piperidine rings is 1. The van der Waals surface area contributed by atoms with Crippen molar-refractivity contribution >= 4 is 11.8 Å². The van der Waals surface area contributed by atoms with Crippen LogP contribution in [0.4, 0.5) is 0 Å². The molecule has 2 aromatic heterocycles. The molecule has 154 valence electrons. The van der Waals surface area contributed by atoms with Crippen molar-refractivity contribution in [3.8, 4) is 17.1 Å². The minimum absolute atomic E-state index is 0.609. The van der Waals surface area contributed by atoms with E-state index < -0.39 is 0 Å². The molecule has 1 fully saturated rings. The highest BCUT2D eigenvalue weighted by atomic mass is 32.2. The summed E-state index contributed by atoms with van der Waals surface area (Å²) in [7, 11) is 3.92. The molecule has 0 bridgehead atoms. The molecule has 0 radical (unpaired) electrons. The van der Waals surface area contributed by atoms with E-state index in [1.54, 1.807) is 25.1 Å². The van der Waals surface area contributed by atoms with Gasteiger partial charge >= 0.3 is 0 Å². The van der Waals surface area contributed by atoms with Crippen LogP contribution in [0.5, 0.6) is 5.75 Å². The number of thioether (sulfide) groups is 1. The molecular weight excluding hydrogens is 384 g/mol. The molecule has 29 heavy (non-hydrogen) atoms. The van der Waals surface area contributed by atoms with Gasteiger partial charge in [0.15, 0.2) is 11.0 Å². The highest BCUT2D eigenvalue weighted by molar-refractivity contribution is 7.99. The van der Waals surface area contributed by atoms with Gasteiger partial charge in [-0.25, -0.2) is 0 Å². The van der Waals surface area contributed by atoms with Gasteiger partial charge < -0.3 is 14.1 Å². The molecule has 6 nitrogen and oxygen atoms in total. The van der Waals surface area contributed by atoms with Crippen molar-refractivity contribution < 1.29 is 9.15 Å². The summed E-state index contributed by atoms with van der Waals surface area (Å²) in [4.78, 5) is 2.50. The van der Waals surface area contributed by atoms with Gasteiger partial charge in [-0.05, 0) is 57.1 Å². The van der Waals surface area contributed by atoms with E-state index in [9.17, 15) is 0 Å². The van der Waals surface area contributed by atoms with Gasteiger partial charge in [-0.15, -0.1) is 10.2 Å². The Balaban J connectivity index is 1.53. The quantitative estimate of drug-likeness (QED) is 0.506. The van der Waals surface area contributed by atoms with Crippen LogP contribution in [-0.4, -0.2) is 52.2 Å². The number of rotatable bonds is 8. The van der Waals surface area contributed by atoms with Crippen molar-refractivity contribution in [1.82, 2.24) is 19.7 Å². The molecule has 0 spiro atoms. The Morgan fingerprint density at radius 1 is 1.21 bits per heavy atom. The van der Waals surface area contributed by atoms with Crippen molar-refractivity contribution in [3.63, 3.8) is 0 Å². The van der Waals surface area contributed by atoms with Crippen LogP contribution in [0.2, 0.25) is 0 Å². The maximum absolute atomic E-state index is 5.59. The van der Waals surface area contributed by atoms with E-state index >= 15 is 0 Å². The number of hydrogen-bond acceptors (Lipinski definition) is 6. The van der Waals surface area contributed by atoms with E-state index in [0.717, 1.165) is 33.8 Å². The van der Waals surface area contributed by atoms with E-state index in [-0.39, 0.29) is 0 Å². The highest BCUT2D eigenvalue weighted by Gasteiger charge is 2.20. The molecule has 0 N–H and O–H groups in total. The highest BCUT2D eigenvalue weighted by Crippen LogP contribution is 2.29. The SMILES string of the molecule is COc1cccc(-c2nnc(SCCC3CCCCN3C)n2Cc2ccco2)c1. The van der Waals surface area contributed by atoms with Gasteiger partial charge in [0.2, 0.25) is 0 Å². The molecule has 1 aliphatic heterocycles. The van der Waals surface area contributed by atoms with Crippen LogP contribution in [-0.2, 0) is 6.54 Å². The van der Waals surface area contributed by atoms with Crippen molar-refractivity contribution in [3.05, 3.63) is 48.4 Å². The third kappa shape index (κ3) is 4.85. The maximum Gasteiger partial charge on any atom is 0.191 e. The first-order valence-corrected chi connectivity index (χ1v) is 11.2. The molecule has 1 saturated heterocycles. The lowest BCUT2D eigenvalue weighted by Crippen LogP contribution is -2.36. The van der Waals surface area contributed by atoms with Crippen molar-refractivity contribution in [1.29, 1.82) is 0 Å². The Hall–Kier alpha value is -2.25. The van der Waals surface area contributed by atoms with Gasteiger partial charge in [-0.1, -0.05) is 30.3 Å². The molecule has 4 rings (SSSR count). The Labute approximate surface area is 176 Å². The number of furan rings is 1. The first-order chi connectivity index (χ1) is 14.2. The van der Waals surface area contributed by atoms with Gasteiger partial charge in [0.05, 0.1) is 19.9 Å². The smallest absolute Gasteiger partial charge is 0.191 e. The van der Waals surface area contributed by atoms with Crippen LogP contribution in [0.15, 0.2) is 52.2 Å². The summed E-state index contributed by atoms with van der Waals surface area (Å²) < 4.78 is 13.1. The van der Waals surface area contributed by atoms with E-state index in [2.05, 4.69) is 26.7 Å². The fourth-order valence-corrected chi connectivity index (χ4v) is 4.85. The second-order valence-corrected chi connectivity index (χ2v) is 8.53. The standard InChI is InChI=1S/C22H28N4O2S/c1-25-12-4-3-8-18(25)11-14-29-22-24-23-21(17-7-5-9-19(15-17)27-2)26(22)16-20-10-6-13-28-20/h5-7,9-10,13,15,18H,3-4,8,11-12,14,16H2,1-2H3. The Kier molecular flexibility index (Phi) is 6.56. The summed E-state index contributed by atoms with van der Waals surface area (Å²) in [6.07, 6.45) is 6.83. The number of nitrogens with zero attached hydrogens (tertiary/aromatic N) is 4.